The van der Waals surface area contributed by atoms with E-state index in [4.69, 9.17) is 20.8 Å². The predicted octanol–water partition coefficient (Wildman–Crippen LogP) is 3.50. The molecule has 0 aliphatic rings. The second kappa shape index (κ2) is 8.34. The van der Waals surface area contributed by atoms with Gasteiger partial charge in [-0.05, 0) is 43.8 Å². The maximum Gasteiger partial charge on any atom is 0.129 e. The first-order valence-corrected chi connectivity index (χ1v) is 7.68. The highest BCUT2D eigenvalue weighted by Crippen LogP contribution is 2.20. The highest BCUT2D eigenvalue weighted by Gasteiger charge is 2.15. The van der Waals surface area contributed by atoms with Crippen molar-refractivity contribution >= 4 is 11.6 Å². The summed E-state index contributed by atoms with van der Waals surface area (Å²) in [6.07, 6.45) is 1.06. The Bertz CT molecular complexity index is 542. The maximum atomic E-state index is 10.1. The lowest BCUT2D eigenvalue weighted by Crippen LogP contribution is -2.33. The Morgan fingerprint density at radius 2 is 2.00 bits per heavy atom. The molecule has 0 fully saturated rings. The van der Waals surface area contributed by atoms with E-state index in [1.54, 1.807) is 6.26 Å². The lowest BCUT2D eigenvalue weighted by atomic mass is 10.1. The molecular weight excluding hydrogens is 302 g/mol. The van der Waals surface area contributed by atoms with Crippen LogP contribution in [0.2, 0.25) is 5.02 Å². The molecule has 120 valence electrons. The number of hydrogen-bond donors (Lipinski definition) is 1. The Hall–Kier alpha value is -1.33. The van der Waals surface area contributed by atoms with Crippen molar-refractivity contribution in [1.82, 2.24) is 4.90 Å². The van der Waals surface area contributed by atoms with Crippen LogP contribution in [0.4, 0.5) is 0 Å². The zero-order chi connectivity index (χ0) is 15.9. The normalized spacial score (nSPS) is 14.2. The van der Waals surface area contributed by atoms with E-state index in [0.717, 1.165) is 16.3 Å². The number of aliphatic hydroxyl groups excluding tert-OH is 1. The summed E-state index contributed by atoms with van der Waals surface area (Å²) < 4.78 is 10.6. The smallest absolute Gasteiger partial charge is 0.129 e. The van der Waals surface area contributed by atoms with Crippen LogP contribution >= 0.6 is 11.6 Å². The number of ether oxygens (including phenoxy) is 1. The van der Waals surface area contributed by atoms with Gasteiger partial charge in [-0.1, -0.05) is 23.7 Å². The SMILES string of the molecule is CC(c1ccc(Cl)cc1)N(C)CC(O)COCc1ccco1. The molecule has 1 N–H and O–H groups in total. The Balaban J connectivity index is 1.75. The largest absolute Gasteiger partial charge is 0.467 e. The molecule has 0 amide bonds. The molecule has 1 heterocycles. The van der Waals surface area contributed by atoms with Crippen LogP contribution < -0.4 is 0 Å². The van der Waals surface area contributed by atoms with E-state index < -0.39 is 6.10 Å². The second-order valence-electron chi connectivity index (χ2n) is 5.42. The van der Waals surface area contributed by atoms with Crippen molar-refractivity contribution in [3.05, 3.63) is 59.0 Å². The van der Waals surface area contributed by atoms with Gasteiger partial charge in [-0.3, -0.25) is 4.90 Å². The number of aliphatic hydroxyl groups is 1. The zero-order valence-corrected chi connectivity index (χ0v) is 13.7. The van der Waals surface area contributed by atoms with Crippen LogP contribution in [0.3, 0.4) is 0 Å². The Morgan fingerprint density at radius 1 is 1.27 bits per heavy atom. The number of hydrogen-bond acceptors (Lipinski definition) is 4. The molecule has 2 unspecified atom stereocenters. The van der Waals surface area contributed by atoms with Gasteiger partial charge in [0.05, 0.1) is 19.0 Å². The number of furan rings is 1. The van der Waals surface area contributed by atoms with Gasteiger partial charge in [-0.2, -0.15) is 0 Å². The minimum absolute atomic E-state index is 0.192. The summed E-state index contributed by atoms with van der Waals surface area (Å²) >= 11 is 5.90. The summed E-state index contributed by atoms with van der Waals surface area (Å²) in [5, 5.41) is 10.8. The molecule has 4 nitrogen and oxygen atoms in total. The topological polar surface area (TPSA) is 45.8 Å². The van der Waals surface area contributed by atoms with E-state index >= 15 is 0 Å². The highest BCUT2D eigenvalue weighted by molar-refractivity contribution is 6.30. The predicted molar refractivity (Wildman–Crippen MR) is 86.9 cm³/mol. The molecule has 0 aliphatic heterocycles. The minimum atomic E-state index is -0.547. The molecule has 0 bridgehead atoms. The molecular formula is C17H22ClNO3. The molecule has 5 heteroatoms. The van der Waals surface area contributed by atoms with Crippen molar-refractivity contribution in [2.75, 3.05) is 20.2 Å². The highest BCUT2D eigenvalue weighted by atomic mass is 35.5. The third-order valence-corrected chi connectivity index (χ3v) is 3.90. The molecule has 2 rings (SSSR count). The number of rotatable bonds is 8. The quantitative estimate of drug-likeness (QED) is 0.807. The minimum Gasteiger partial charge on any atom is -0.467 e. The van der Waals surface area contributed by atoms with Crippen LogP contribution in [0.5, 0.6) is 0 Å². The molecule has 0 saturated carbocycles. The van der Waals surface area contributed by atoms with Gasteiger partial charge in [0.2, 0.25) is 0 Å². The lowest BCUT2D eigenvalue weighted by molar-refractivity contribution is 0.00385. The van der Waals surface area contributed by atoms with Crippen molar-refractivity contribution in [1.29, 1.82) is 0 Å². The standard InChI is InChI=1S/C17H22ClNO3/c1-13(14-5-7-15(18)8-6-14)19(2)10-16(20)11-21-12-17-4-3-9-22-17/h3-9,13,16,20H,10-12H2,1-2H3. The van der Waals surface area contributed by atoms with Crippen LogP contribution in [-0.4, -0.2) is 36.3 Å². The molecule has 1 aromatic heterocycles. The van der Waals surface area contributed by atoms with E-state index in [1.165, 1.54) is 0 Å². The molecule has 0 radical (unpaired) electrons. The number of nitrogens with zero attached hydrogens (tertiary/aromatic N) is 1. The maximum absolute atomic E-state index is 10.1. The number of halogens is 1. The average Bonchev–Trinajstić information content (AvgIpc) is 3.00. The summed E-state index contributed by atoms with van der Waals surface area (Å²) in [7, 11) is 1.98. The van der Waals surface area contributed by atoms with E-state index in [1.807, 2.05) is 43.4 Å². The van der Waals surface area contributed by atoms with Crippen LogP contribution in [0, 0.1) is 0 Å². The van der Waals surface area contributed by atoms with Gasteiger partial charge in [-0.25, -0.2) is 0 Å². The van der Waals surface area contributed by atoms with Crippen LogP contribution in [-0.2, 0) is 11.3 Å². The number of benzene rings is 1. The third-order valence-electron chi connectivity index (χ3n) is 3.65. The summed E-state index contributed by atoms with van der Waals surface area (Å²) in [6.45, 7) is 3.28. The van der Waals surface area contributed by atoms with Gasteiger partial charge in [0.1, 0.15) is 12.4 Å². The van der Waals surface area contributed by atoms with Crippen molar-refractivity contribution in [2.45, 2.75) is 25.7 Å². The lowest BCUT2D eigenvalue weighted by Gasteiger charge is -2.27. The van der Waals surface area contributed by atoms with Crippen LogP contribution in [0.25, 0.3) is 0 Å². The van der Waals surface area contributed by atoms with E-state index in [2.05, 4.69) is 11.8 Å². The summed E-state index contributed by atoms with van der Waals surface area (Å²) in [6, 6.07) is 11.6. The summed E-state index contributed by atoms with van der Waals surface area (Å²) in [4.78, 5) is 2.09. The van der Waals surface area contributed by atoms with Crippen molar-refractivity contribution in [3.8, 4) is 0 Å². The summed E-state index contributed by atoms with van der Waals surface area (Å²) in [5.41, 5.74) is 1.16. The summed E-state index contributed by atoms with van der Waals surface area (Å²) in [5.74, 6) is 0.759. The average molecular weight is 324 g/mol. The van der Waals surface area contributed by atoms with E-state index in [9.17, 15) is 5.11 Å². The number of likely N-dealkylation sites (N-methyl/N-ethyl adjacent to an activating group) is 1. The van der Waals surface area contributed by atoms with Gasteiger partial charge in [0.15, 0.2) is 0 Å². The van der Waals surface area contributed by atoms with E-state index in [-0.39, 0.29) is 12.6 Å². The monoisotopic (exact) mass is 323 g/mol. The van der Waals surface area contributed by atoms with Crippen LogP contribution in [0.15, 0.2) is 47.1 Å². The fraction of sp³-hybridized carbons (Fsp3) is 0.412. The second-order valence-corrected chi connectivity index (χ2v) is 5.85. The van der Waals surface area contributed by atoms with Crippen molar-refractivity contribution in [2.24, 2.45) is 0 Å². The molecule has 0 spiro atoms. The van der Waals surface area contributed by atoms with Crippen molar-refractivity contribution in [3.63, 3.8) is 0 Å². The Kier molecular flexibility index (Phi) is 6.46. The van der Waals surface area contributed by atoms with Gasteiger partial charge in [0.25, 0.3) is 0 Å². The van der Waals surface area contributed by atoms with Gasteiger partial charge in [0, 0.05) is 17.6 Å². The fourth-order valence-electron chi connectivity index (χ4n) is 2.23. The van der Waals surface area contributed by atoms with E-state index in [0.29, 0.717) is 13.2 Å². The van der Waals surface area contributed by atoms with Gasteiger partial charge < -0.3 is 14.3 Å². The molecule has 22 heavy (non-hydrogen) atoms. The van der Waals surface area contributed by atoms with Gasteiger partial charge >= 0.3 is 0 Å². The van der Waals surface area contributed by atoms with Gasteiger partial charge in [-0.15, -0.1) is 0 Å². The fourth-order valence-corrected chi connectivity index (χ4v) is 2.36. The van der Waals surface area contributed by atoms with Crippen molar-refractivity contribution < 1.29 is 14.3 Å². The molecule has 2 atom stereocenters. The first kappa shape index (κ1) is 17.0. The molecule has 2 aromatic rings. The third kappa shape index (κ3) is 5.14. The van der Waals surface area contributed by atoms with Crippen LogP contribution in [0.1, 0.15) is 24.3 Å². The molecule has 1 aromatic carbocycles. The molecule has 0 aliphatic carbocycles. The zero-order valence-electron chi connectivity index (χ0n) is 12.9. The Labute approximate surface area is 136 Å². The first-order chi connectivity index (χ1) is 10.6. The Morgan fingerprint density at radius 3 is 2.64 bits per heavy atom. The molecule has 0 saturated heterocycles. The first-order valence-electron chi connectivity index (χ1n) is 7.30.